The van der Waals surface area contributed by atoms with Crippen LogP contribution in [0.5, 0.6) is 0 Å². The van der Waals surface area contributed by atoms with Gasteiger partial charge in [0.15, 0.2) is 11.5 Å². The number of nitrogens with one attached hydrogen (secondary N) is 2. The van der Waals surface area contributed by atoms with Crippen LogP contribution >= 0.6 is 11.6 Å². The minimum atomic E-state index is 0.165. The Bertz CT molecular complexity index is 819. The third-order valence-corrected chi connectivity index (χ3v) is 3.60. The fraction of sp³-hybridized carbons (Fsp3) is 0.385. The fourth-order valence-electron chi connectivity index (χ4n) is 2.56. The molecule has 2 N–H and O–H groups in total. The second-order valence-electron chi connectivity index (χ2n) is 5.20. The molecule has 3 rings (SSSR count). The number of H-pyrrole nitrogens is 1. The van der Waals surface area contributed by atoms with Gasteiger partial charge in [-0.2, -0.15) is 15.1 Å². The average molecular weight is 321 g/mol. The molecule has 0 aliphatic rings. The van der Waals surface area contributed by atoms with Crippen molar-refractivity contribution in [2.24, 2.45) is 7.05 Å². The minimum absolute atomic E-state index is 0.165. The molecule has 0 spiro atoms. The van der Waals surface area contributed by atoms with Crippen molar-refractivity contribution in [3.63, 3.8) is 0 Å². The molecule has 0 atom stereocenters. The Morgan fingerprint density at radius 1 is 1.36 bits per heavy atom. The summed E-state index contributed by atoms with van der Waals surface area (Å²) in [7, 11) is 5.92. The first-order chi connectivity index (χ1) is 10.5. The number of rotatable bonds is 4. The Morgan fingerprint density at radius 3 is 2.86 bits per heavy atom. The zero-order valence-electron chi connectivity index (χ0n) is 12.8. The van der Waals surface area contributed by atoms with Gasteiger partial charge in [0.2, 0.25) is 5.28 Å². The zero-order chi connectivity index (χ0) is 15.9. The largest absolute Gasteiger partial charge is 0.364 e. The molecule has 9 heteroatoms. The minimum Gasteiger partial charge on any atom is -0.364 e. The Labute approximate surface area is 132 Å². The van der Waals surface area contributed by atoms with Crippen LogP contribution in [0.2, 0.25) is 5.28 Å². The van der Waals surface area contributed by atoms with Crippen LogP contribution in [0.4, 0.5) is 11.6 Å². The molecule has 0 saturated carbocycles. The van der Waals surface area contributed by atoms with E-state index in [-0.39, 0.29) is 5.28 Å². The number of imidazole rings is 1. The van der Waals surface area contributed by atoms with Gasteiger partial charge in [0.25, 0.3) is 0 Å². The number of aryl methyl sites for hydroxylation is 2. The molecule has 116 valence electrons. The Hall–Kier alpha value is -2.35. The lowest BCUT2D eigenvalue weighted by Gasteiger charge is -2.16. The average Bonchev–Trinajstić information content (AvgIpc) is 2.99. The molecule has 0 radical (unpaired) electrons. The highest BCUT2D eigenvalue weighted by atomic mass is 35.5. The maximum absolute atomic E-state index is 5.94. The summed E-state index contributed by atoms with van der Waals surface area (Å²) < 4.78 is 1.87. The third kappa shape index (κ3) is 2.45. The molecular formula is C13H17ClN8. The van der Waals surface area contributed by atoms with Crippen molar-refractivity contribution in [3.05, 3.63) is 22.9 Å². The molecule has 3 aromatic rings. The van der Waals surface area contributed by atoms with E-state index in [2.05, 4.69) is 30.4 Å². The van der Waals surface area contributed by atoms with Gasteiger partial charge in [0, 0.05) is 33.3 Å². The normalized spacial score (nSPS) is 11.1. The van der Waals surface area contributed by atoms with E-state index in [1.54, 1.807) is 6.33 Å². The Kier molecular flexibility index (Phi) is 3.61. The predicted octanol–water partition coefficient (Wildman–Crippen LogP) is 1.73. The van der Waals surface area contributed by atoms with Gasteiger partial charge in [0.05, 0.1) is 12.0 Å². The number of aromatic amines is 1. The van der Waals surface area contributed by atoms with E-state index in [0.717, 1.165) is 22.6 Å². The topological polar surface area (TPSA) is 87.6 Å². The van der Waals surface area contributed by atoms with Crippen LogP contribution in [0, 0.1) is 6.92 Å². The standard InChI is InChI=1S/C13H17ClN8/c1-7-8(12(21(2)3)22(4)20-7)5-15-10-9-11(17-6-16-9)19-13(14)18-10/h6H,5H2,1-4H3,(H2,15,16,17,18,19). The Balaban J connectivity index is 1.93. The summed E-state index contributed by atoms with van der Waals surface area (Å²) in [5, 5.41) is 7.93. The number of hydrogen-bond donors (Lipinski definition) is 2. The van der Waals surface area contributed by atoms with E-state index in [4.69, 9.17) is 11.6 Å². The summed E-state index contributed by atoms with van der Waals surface area (Å²) >= 11 is 5.94. The molecule has 0 unspecified atom stereocenters. The summed E-state index contributed by atoms with van der Waals surface area (Å²) in [5.74, 6) is 1.67. The van der Waals surface area contributed by atoms with Crippen LogP contribution in [0.3, 0.4) is 0 Å². The lowest BCUT2D eigenvalue weighted by Crippen LogP contribution is -2.16. The van der Waals surface area contributed by atoms with E-state index in [1.807, 2.05) is 37.6 Å². The molecule has 3 aromatic heterocycles. The highest BCUT2D eigenvalue weighted by molar-refractivity contribution is 6.28. The van der Waals surface area contributed by atoms with Crippen molar-refractivity contribution in [1.29, 1.82) is 0 Å². The van der Waals surface area contributed by atoms with Gasteiger partial charge in [-0.15, -0.1) is 0 Å². The monoisotopic (exact) mass is 320 g/mol. The number of aromatic nitrogens is 6. The van der Waals surface area contributed by atoms with Gasteiger partial charge in [-0.1, -0.05) is 0 Å². The van der Waals surface area contributed by atoms with Crippen LogP contribution in [0.15, 0.2) is 6.33 Å². The highest BCUT2D eigenvalue weighted by Gasteiger charge is 2.16. The van der Waals surface area contributed by atoms with Crippen molar-refractivity contribution in [2.45, 2.75) is 13.5 Å². The first kappa shape index (κ1) is 14.6. The SMILES string of the molecule is Cc1nn(C)c(N(C)C)c1CNc1nc(Cl)nc2nc[nH]c12. The van der Waals surface area contributed by atoms with Crippen molar-refractivity contribution in [3.8, 4) is 0 Å². The number of anilines is 2. The van der Waals surface area contributed by atoms with Crippen molar-refractivity contribution in [2.75, 3.05) is 24.3 Å². The summed E-state index contributed by atoms with van der Waals surface area (Å²) in [4.78, 5) is 17.5. The van der Waals surface area contributed by atoms with E-state index in [9.17, 15) is 0 Å². The molecule has 22 heavy (non-hydrogen) atoms. The lowest BCUT2D eigenvalue weighted by molar-refractivity contribution is 0.745. The molecule has 0 aliphatic heterocycles. The van der Waals surface area contributed by atoms with Gasteiger partial charge in [0.1, 0.15) is 11.3 Å². The molecular weight excluding hydrogens is 304 g/mol. The first-order valence-corrected chi connectivity index (χ1v) is 7.15. The van der Waals surface area contributed by atoms with Crippen LogP contribution < -0.4 is 10.2 Å². The maximum Gasteiger partial charge on any atom is 0.226 e. The summed E-state index contributed by atoms with van der Waals surface area (Å²) in [6.45, 7) is 2.57. The van der Waals surface area contributed by atoms with E-state index in [0.29, 0.717) is 18.0 Å². The molecule has 0 bridgehead atoms. The highest BCUT2D eigenvalue weighted by Crippen LogP contribution is 2.24. The number of nitrogens with zero attached hydrogens (tertiary/aromatic N) is 6. The second kappa shape index (κ2) is 5.45. The van der Waals surface area contributed by atoms with Gasteiger partial charge >= 0.3 is 0 Å². The second-order valence-corrected chi connectivity index (χ2v) is 5.54. The van der Waals surface area contributed by atoms with E-state index < -0.39 is 0 Å². The molecule has 0 amide bonds. The van der Waals surface area contributed by atoms with Crippen LogP contribution in [-0.2, 0) is 13.6 Å². The predicted molar refractivity (Wildman–Crippen MR) is 86.3 cm³/mol. The molecule has 3 heterocycles. The Morgan fingerprint density at radius 2 is 2.14 bits per heavy atom. The van der Waals surface area contributed by atoms with Gasteiger partial charge in [-0.05, 0) is 18.5 Å². The molecule has 0 fully saturated rings. The van der Waals surface area contributed by atoms with E-state index in [1.165, 1.54) is 0 Å². The number of fused-ring (bicyclic) bond motifs is 1. The smallest absolute Gasteiger partial charge is 0.226 e. The third-order valence-electron chi connectivity index (χ3n) is 3.43. The molecule has 0 aliphatic carbocycles. The van der Waals surface area contributed by atoms with Crippen LogP contribution in [0.1, 0.15) is 11.3 Å². The number of halogens is 1. The zero-order valence-corrected chi connectivity index (χ0v) is 13.6. The summed E-state index contributed by atoms with van der Waals surface area (Å²) in [6, 6.07) is 0. The van der Waals surface area contributed by atoms with Crippen LogP contribution in [0.25, 0.3) is 11.2 Å². The van der Waals surface area contributed by atoms with Crippen molar-refractivity contribution in [1.82, 2.24) is 29.7 Å². The molecule has 0 saturated heterocycles. The van der Waals surface area contributed by atoms with Gasteiger partial charge < -0.3 is 15.2 Å². The quantitative estimate of drug-likeness (QED) is 0.712. The lowest BCUT2D eigenvalue weighted by atomic mass is 10.2. The fourth-order valence-corrected chi connectivity index (χ4v) is 2.73. The molecule has 8 nitrogen and oxygen atoms in total. The van der Waals surface area contributed by atoms with E-state index >= 15 is 0 Å². The summed E-state index contributed by atoms with van der Waals surface area (Å²) in [5.41, 5.74) is 3.35. The number of hydrogen-bond acceptors (Lipinski definition) is 6. The first-order valence-electron chi connectivity index (χ1n) is 6.77. The summed E-state index contributed by atoms with van der Waals surface area (Å²) in [6.07, 6.45) is 1.57. The van der Waals surface area contributed by atoms with Gasteiger partial charge in [-0.3, -0.25) is 4.68 Å². The van der Waals surface area contributed by atoms with Crippen LogP contribution in [-0.4, -0.2) is 43.8 Å². The maximum atomic E-state index is 5.94. The van der Waals surface area contributed by atoms with Crippen molar-refractivity contribution < 1.29 is 0 Å². The van der Waals surface area contributed by atoms with Crippen molar-refractivity contribution >= 4 is 34.4 Å². The van der Waals surface area contributed by atoms with Gasteiger partial charge in [-0.25, -0.2) is 4.98 Å². The molecule has 0 aromatic carbocycles.